The molecule has 0 saturated heterocycles. The Morgan fingerprint density at radius 3 is 2.62 bits per heavy atom. The standard InChI is InChI=1S/C13H19FN2O3S2/c1-4-19-13(2,3)8-16-21(17,18)9-5-6-11(14)10(7-9)12(15)20/h5-7,16H,4,8H2,1-3H3,(H2,15,20). The number of benzene rings is 1. The van der Waals surface area contributed by atoms with E-state index in [1.165, 1.54) is 0 Å². The third kappa shape index (κ3) is 4.99. The summed E-state index contributed by atoms with van der Waals surface area (Å²) in [5, 5.41) is 0. The number of hydrogen-bond acceptors (Lipinski definition) is 4. The van der Waals surface area contributed by atoms with Crippen LogP contribution in [0.2, 0.25) is 0 Å². The molecular formula is C13H19FN2O3S2. The number of rotatable bonds is 7. The molecule has 118 valence electrons. The van der Waals surface area contributed by atoms with Crippen LogP contribution in [0.25, 0.3) is 0 Å². The lowest BCUT2D eigenvalue weighted by Crippen LogP contribution is -2.40. The van der Waals surface area contributed by atoms with Crippen LogP contribution in [-0.2, 0) is 14.8 Å². The van der Waals surface area contributed by atoms with Crippen molar-refractivity contribution >= 4 is 27.2 Å². The van der Waals surface area contributed by atoms with Gasteiger partial charge in [-0.25, -0.2) is 17.5 Å². The Bertz CT molecular complexity index is 630. The van der Waals surface area contributed by atoms with Crippen molar-refractivity contribution in [2.75, 3.05) is 13.2 Å². The lowest BCUT2D eigenvalue weighted by Gasteiger charge is -2.24. The second-order valence-electron chi connectivity index (χ2n) is 5.02. The SMILES string of the molecule is CCOC(C)(C)CNS(=O)(=O)c1ccc(F)c(C(N)=S)c1. The molecule has 0 bridgehead atoms. The van der Waals surface area contributed by atoms with Gasteiger partial charge in [0.25, 0.3) is 0 Å². The van der Waals surface area contributed by atoms with Gasteiger partial charge in [-0.3, -0.25) is 0 Å². The van der Waals surface area contributed by atoms with E-state index < -0.39 is 21.4 Å². The first-order valence-electron chi connectivity index (χ1n) is 6.32. The maximum atomic E-state index is 13.5. The second kappa shape index (κ2) is 6.78. The smallest absolute Gasteiger partial charge is 0.240 e. The average Bonchev–Trinajstić information content (AvgIpc) is 2.36. The summed E-state index contributed by atoms with van der Waals surface area (Å²) in [4.78, 5) is -0.293. The monoisotopic (exact) mass is 334 g/mol. The van der Waals surface area contributed by atoms with E-state index in [4.69, 9.17) is 22.7 Å². The molecule has 3 N–H and O–H groups in total. The molecule has 0 aliphatic heterocycles. The molecule has 0 radical (unpaired) electrons. The van der Waals surface area contributed by atoms with E-state index in [1.54, 1.807) is 13.8 Å². The highest BCUT2D eigenvalue weighted by atomic mass is 32.2. The maximum Gasteiger partial charge on any atom is 0.240 e. The summed E-state index contributed by atoms with van der Waals surface area (Å²) >= 11 is 4.69. The Hall–Kier alpha value is -1.09. The van der Waals surface area contributed by atoms with Crippen molar-refractivity contribution in [1.82, 2.24) is 4.72 Å². The number of hydrogen-bond donors (Lipinski definition) is 2. The van der Waals surface area contributed by atoms with Crippen molar-refractivity contribution in [2.45, 2.75) is 31.3 Å². The van der Waals surface area contributed by atoms with Crippen molar-refractivity contribution in [1.29, 1.82) is 0 Å². The van der Waals surface area contributed by atoms with Gasteiger partial charge in [0.15, 0.2) is 0 Å². The molecule has 0 saturated carbocycles. The minimum absolute atomic E-state index is 0.0863. The van der Waals surface area contributed by atoms with Crippen LogP contribution in [0.15, 0.2) is 23.1 Å². The highest BCUT2D eigenvalue weighted by Gasteiger charge is 2.23. The molecule has 8 heteroatoms. The largest absolute Gasteiger partial charge is 0.389 e. The number of halogens is 1. The van der Waals surface area contributed by atoms with Gasteiger partial charge in [-0.1, -0.05) is 12.2 Å². The Balaban J connectivity index is 2.99. The van der Waals surface area contributed by atoms with Gasteiger partial charge in [0, 0.05) is 18.7 Å². The first kappa shape index (κ1) is 18.0. The first-order valence-corrected chi connectivity index (χ1v) is 8.21. The quantitative estimate of drug-likeness (QED) is 0.740. The highest BCUT2D eigenvalue weighted by Crippen LogP contribution is 2.16. The maximum absolute atomic E-state index is 13.5. The topological polar surface area (TPSA) is 81.4 Å². The van der Waals surface area contributed by atoms with Crippen molar-refractivity contribution in [3.05, 3.63) is 29.6 Å². The predicted octanol–water partition coefficient (Wildman–Crippen LogP) is 1.55. The predicted molar refractivity (Wildman–Crippen MR) is 83.2 cm³/mol. The summed E-state index contributed by atoms with van der Waals surface area (Å²) in [6.45, 7) is 5.92. The van der Waals surface area contributed by atoms with Crippen molar-refractivity contribution < 1.29 is 17.5 Å². The van der Waals surface area contributed by atoms with Crippen LogP contribution in [0.5, 0.6) is 0 Å². The van der Waals surface area contributed by atoms with E-state index in [2.05, 4.69) is 4.72 Å². The second-order valence-corrected chi connectivity index (χ2v) is 7.23. The Morgan fingerprint density at radius 1 is 1.48 bits per heavy atom. The van der Waals surface area contributed by atoms with Crippen molar-refractivity contribution in [3.63, 3.8) is 0 Å². The average molecular weight is 334 g/mol. The van der Waals surface area contributed by atoms with Crippen LogP contribution < -0.4 is 10.5 Å². The van der Waals surface area contributed by atoms with Crippen LogP contribution in [-0.4, -0.2) is 32.2 Å². The summed E-state index contributed by atoms with van der Waals surface area (Å²) in [5.74, 6) is -0.656. The van der Waals surface area contributed by atoms with E-state index in [-0.39, 0.29) is 22.0 Å². The molecule has 1 aromatic carbocycles. The fraction of sp³-hybridized carbons (Fsp3) is 0.462. The summed E-state index contributed by atoms with van der Waals surface area (Å²) in [5.41, 5.74) is 4.62. The summed E-state index contributed by atoms with van der Waals surface area (Å²) in [6.07, 6.45) is 0. The zero-order valence-electron chi connectivity index (χ0n) is 12.1. The molecule has 0 heterocycles. The number of thiocarbonyl (C=S) groups is 1. The number of sulfonamides is 1. The zero-order chi connectivity index (χ0) is 16.3. The number of nitrogens with one attached hydrogen (secondary N) is 1. The van der Waals surface area contributed by atoms with Gasteiger partial charge in [-0.15, -0.1) is 0 Å². The summed E-state index contributed by atoms with van der Waals surface area (Å²) in [7, 11) is -3.80. The van der Waals surface area contributed by atoms with Crippen LogP contribution >= 0.6 is 12.2 Å². The van der Waals surface area contributed by atoms with Gasteiger partial charge in [-0.2, -0.15) is 0 Å². The third-order valence-corrected chi connectivity index (χ3v) is 4.36. The minimum atomic E-state index is -3.80. The molecule has 1 rings (SSSR count). The summed E-state index contributed by atoms with van der Waals surface area (Å²) in [6, 6.07) is 3.30. The first-order chi connectivity index (χ1) is 9.59. The molecule has 0 amide bonds. The van der Waals surface area contributed by atoms with Gasteiger partial charge in [0.2, 0.25) is 10.0 Å². The fourth-order valence-corrected chi connectivity index (χ4v) is 3.04. The molecule has 21 heavy (non-hydrogen) atoms. The van der Waals surface area contributed by atoms with E-state index in [9.17, 15) is 12.8 Å². The molecule has 0 fully saturated rings. The van der Waals surface area contributed by atoms with Crippen LogP contribution in [0.1, 0.15) is 26.3 Å². The molecule has 0 spiro atoms. The molecule has 0 unspecified atom stereocenters. The van der Waals surface area contributed by atoms with E-state index in [1.807, 2.05) is 6.92 Å². The fourth-order valence-electron chi connectivity index (χ4n) is 1.65. The summed E-state index contributed by atoms with van der Waals surface area (Å²) < 4.78 is 45.7. The normalized spacial score (nSPS) is 12.4. The van der Waals surface area contributed by atoms with E-state index in [0.717, 1.165) is 18.2 Å². The minimum Gasteiger partial charge on any atom is -0.389 e. The molecule has 1 aromatic rings. The lowest BCUT2D eigenvalue weighted by atomic mass is 10.1. The molecule has 5 nitrogen and oxygen atoms in total. The Kier molecular flexibility index (Phi) is 5.80. The van der Waals surface area contributed by atoms with Gasteiger partial charge >= 0.3 is 0 Å². The van der Waals surface area contributed by atoms with Crippen LogP contribution in [0, 0.1) is 5.82 Å². The zero-order valence-corrected chi connectivity index (χ0v) is 13.8. The van der Waals surface area contributed by atoms with Gasteiger partial charge in [-0.05, 0) is 39.0 Å². The van der Waals surface area contributed by atoms with Crippen molar-refractivity contribution in [3.8, 4) is 0 Å². The van der Waals surface area contributed by atoms with Gasteiger partial charge < -0.3 is 10.5 Å². The molecular weight excluding hydrogens is 315 g/mol. The Morgan fingerprint density at radius 2 is 2.10 bits per heavy atom. The van der Waals surface area contributed by atoms with Gasteiger partial charge in [0.05, 0.1) is 10.5 Å². The van der Waals surface area contributed by atoms with Crippen LogP contribution in [0.4, 0.5) is 4.39 Å². The molecule has 0 atom stereocenters. The van der Waals surface area contributed by atoms with E-state index in [0.29, 0.717) is 6.61 Å². The number of nitrogens with two attached hydrogens (primary N) is 1. The lowest BCUT2D eigenvalue weighted by molar-refractivity contribution is -0.00515. The molecule has 0 aliphatic rings. The van der Waals surface area contributed by atoms with Crippen molar-refractivity contribution in [2.24, 2.45) is 5.73 Å². The molecule has 0 aliphatic carbocycles. The molecule has 0 aromatic heterocycles. The van der Waals surface area contributed by atoms with Crippen LogP contribution in [0.3, 0.4) is 0 Å². The van der Waals surface area contributed by atoms with Gasteiger partial charge in [0.1, 0.15) is 10.8 Å². The van der Waals surface area contributed by atoms with E-state index >= 15 is 0 Å². The Labute approximate surface area is 129 Å². The number of ether oxygens (including phenoxy) is 1. The highest BCUT2D eigenvalue weighted by molar-refractivity contribution is 7.89. The third-order valence-electron chi connectivity index (χ3n) is 2.74.